The lowest BCUT2D eigenvalue weighted by Crippen LogP contribution is -2.46. The van der Waals surface area contributed by atoms with Gasteiger partial charge in [0.25, 0.3) is 0 Å². The lowest BCUT2D eigenvalue weighted by Gasteiger charge is -2.40. The quantitative estimate of drug-likeness (QED) is 0.564. The lowest BCUT2D eigenvalue weighted by atomic mass is 9.83. The van der Waals surface area contributed by atoms with E-state index in [1.54, 1.807) is 7.11 Å². The molecule has 0 atom stereocenters. The van der Waals surface area contributed by atoms with E-state index in [2.05, 4.69) is 29.7 Å². The molecule has 2 aromatic rings. The van der Waals surface area contributed by atoms with Crippen LogP contribution in [0.3, 0.4) is 0 Å². The number of ether oxygens (including phenoxy) is 2. The summed E-state index contributed by atoms with van der Waals surface area (Å²) < 4.78 is 11.2. The van der Waals surface area contributed by atoms with Crippen molar-refractivity contribution in [2.24, 2.45) is 0 Å². The summed E-state index contributed by atoms with van der Waals surface area (Å²) in [4.78, 5) is 10.9. The number of carbonyl (C=O) groups is 1. The highest BCUT2D eigenvalue weighted by molar-refractivity contribution is 5.86. The van der Waals surface area contributed by atoms with Crippen LogP contribution in [-0.2, 0) is 4.74 Å². The average Bonchev–Trinajstić information content (AvgIpc) is 2.80. The molecule has 4 rings (SSSR count). The van der Waals surface area contributed by atoms with Crippen LogP contribution >= 0.6 is 0 Å². The molecule has 1 saturated heterocycles. The van der Waals surface area contributed by atoms with Crippen LogP contribution in [0, 0.1) is 0 Å². The summed E-state index contributed by atoms with van der Waals surface area (Å²) in [5.74, 6) is 0.950. The number of para-hydroxylation sites is 1. The molecule has 0 aliphatic carbocycles. The number of likely N-dealkylation sites (N-methyl/N-ethyl adjacent to an activating group) is 1. The molecule has 0 amide bonds. The summed E-state index contributed by atoms with van der Waals surface area (Å²) in [5.41, 5.74) is 3.93. The van der Waals surface area contributed by atoms with Crippen LogP contribution in [0.4, 0.5) is 0 Å². The van der Waals surface area contributed by atoms with Crippen LogP contribution < -0.4 is 15.4 Å². The van der Waals surface area contributed by atoms with Gasteiger partial charge in [0.2, 0.25) is 0 Å². The largest absolute Gasteiger partial charge is 0.482 e. The van der Waals surface area contributed by atoms with Gasteiger partial charge in [0.05, 0.1) is 6.61 Å². The highest BCUT2D eigenvalue weighted by Gasteiger charge is 2.36. The number of fused-ring (bicyclic) bond motifs is 1. The second-order valence-corrected chi connectivity index (χ2v) is 7.56. The topological polar surface area (TPSA) is 59.6 Å². The zero-order valence-electron chi connectivity index (χ0n) is 17.9. The molecule has 2 heterocycles. The maximum atomic E-state index is 10.9. The number of rotatable bonds is 6. The number of hydrogen-bond donors (Lipinski definition) is 2. The fourth-order valence-corrected chi connectivity index (χ4v) is 3.79. The van der Waals surface area contributed by atoms with Gasteiger partial charge in [0.1, 0.15) is 17.6 Å². The Balaban J connectivity index is 0.000000318. The predicted octanol–water partition coefficient (Wildman–Crippen LogP) is 3.69. The monoisotopic (exact) mass is 408 g/mol. The molecule has 0 unspecified atom stereocenters. The molecule has 0 bridgehead atoms. The fraction of sp³-hybridized carbons (Fsp3) is 0.400. The number of methoxy groups -OCH3 is 1. The normalized spacial score (nSPS) is 16.5. The van der Waals surface area contributed by atoms with Crippen LogP contribution in [0.5, 0.6) is 5.75 Å². The van der Waals surface area contributed by atoms with Gasteiger partial charge < -0.3 is 20.1 Å². The van der Waals surface area contributed by atoms with Crippen molar-refractivity contribution in [3.8, 4) is 5.75 Å². The smallest absolute Gasteiger partial charge is 0.150 e. The third-order valence-electron chi connectivity index (χ3n) is 5.44. The molecule has 2 aromatic carbocycles. The second-order valence-electron chi connectivity index (χ2n) is 7.56. The third kappa shape index (κ3) is 5.57. The highest BCUT2D eigenvalue weighted by atomic mass is 16.5. The lowest BCUT2D eigenvalue weighted by molar-refractivity contribution is 0.0817. The summed E-state index contributed by atoms with van der Waals surface area (Å²) in [6.45, 7) is 6.83. The SMILES string of the molecule is CCNCCOC.O=Cc1ccc(C2=CC3(CCNCC3)Oc3ccccc32)cc1. The zero-order chi connectivity index (χ0) is 21.2. The maximum absolute atomic E-state index is 10.9. The Morgan fingerprint density at radius 3 is 2.53 bits per heavy atom. The van der Waals surface area contributed by atoms with E-state index in [0.29, 0.717) is 5.56 Å². The Morgan fingerprint density at radius 1 is 1.13 bits per heavy atom. The fourth-order valence-electron chi connectivity index (χ4n) is 3.79. The van der Waals surface area contributed by atoms with Crippen molar-refractivity contribution in [2.45, 2.75) is 25.4 Å². The van der Waals surface area contributed by atoms with E-state index < -0.39 is 0 Å². The molecule has 2 aliphatic rings. The first kappa shape index (κ1) is 22.2. The molecule has 1 fully saturated rings. The second kappa shape index (κ2) is 11.1. The van der Waals surface area contributed by atoms with Gasteiger partial charge in [0, 0.05) is 37.6 Å². The van der Waals surface area contributed by atoms with Gasteiger partial charge in [-0.25, -0.2) is 0 Å². The Hall–Kier alpha value is -2.47. The van der Waals surface area contributed by atoms with Crippen molar-refractivity contribution in [3.05, 3.63) is 71.3 Å². The summed E-state index contributed by atoms with van der Waals surface area (Å²) >= 11 is 0. The number of benzene rings is 2. The molecular weight excluding hydrogens is 376 g/mol. The molecule has 5 heteroatoms. The van der Waals surface area contributed by atoms with Crippen LogP contribution in [0.1, 0.15) is 41.3 Å². The van der Waals surface area contributed by atoms with Crippen molar-refractivity contribution in [2.75, 3.05) is 39.9 Å². The Labute approximate surface area is 179 Å². The van der Waals surface area contributed by atoms with E-state index in [9.17, 15) is 4.79 Å². The molecule has 160 valence electrons. The van der Waals surface area contributed by atoms with E-state index >= 15 is 0 Å². The standard InChI is InChI=1S/C20H19NO2.C5H13NO/c22-14-15-5-7-16(8-6-15)18-13-20(9-11-21-12-10-20)23-19-4-2-1-3-17(18)19;1-3-6-4-5-7-2/h1-8,13-14,21H,9-12H2;6H,3-5H2,1-2H3. The number of aldehydes is 1. The number of carbonyl (C=O) groups excluding carboxylic acids is 1. The van der Waals surface area contributed by atoms with Crippen LogP contribution in [-0.4, -0.2) is 51.8 Å². The number of piperidine rings is 1. The molecule has 0 saturated carbocycles. The van der Waals surface area contributed by atoms with Crippen molar-refractivity contribution in [1.29, 1.82) is 0 Å². The Kier molecular flexibility index (Phi) is 8.20. The molecule has 5 nitrogen and oxygen atoms in total. The minimum Gasteiger partial charge on any atom is -0.482 e. The van der Waals surface area contributed by atoms with Gasteiger partial charge in [-0.3, -0.25) is 4.79 Å². The van der Waals surface area contributed by atoms with E-state index in [0.717, 1.165) is 68.8 Å². The van der Waals surface area contributed by atoms with Gasteiger partial charge >= 0.3 is 0 Å². The highest BCUT2D eigenvalue weighted by Crippen LogP contribution is 2.42. The molecule has 30 heavy (non-hydrogen) atoms. The average molecular weight is 409 g/mol. The first-order valence-corrected chi connectivity index (χ1v) is 10.7. The van der Waals surface area contributed by atoms with Gasteiger partial charge in [0.15, 0.2) is 0 Å². The van der Waals surface area contributed by atoms with Crippen molar-refractivity contribution < 1.29 is 14.3 Å². The molecule has 2 N–H and O–H groups in total. The number of hydrogen-bond acceptors (Lipinski definition) is 5. The first-order valence-electron chi connectivity index (χ1n) is 10.7. The summed E-state index contributed by atoms with van der Waals surface area (Å²) in [5, 5.41) is 6.53. The summed E-state index contributed by atoms with van der Waals surface area (Å²) in [7, 11) is 1.71. The van der Waals surface area contributed by atoms with Gasteiger partial charge in [-0.2, -0.15) is 0 Å². The minimum absolute atomic E-state index is 0.224. The first-order chi connectivity index (χ1) is 14.7. The summed E-state index contributed by atoms with van der Waals surface area (Å²) in [6.07, 6.45) is 5.10. The van der Waals surface area contributed by atoms with Gasteiger partial charge in [-0.1, -0.05) is 49.4 Å². The molecule has 0 aromatic heterocycles. The van der Waals surface area contributed by atoms with Crippen molar-refractivity contribution >= 4 is 11.9 Å². The Morgan fingerprint density at radius 2 is 1.87 bits per heavy atom. The molecular formula is C25H32N2O3. The molecule has 2 aliphatic heterocycles. The van der Waals surface area contributed by atoms with Crippen LogP contribution in [0.2, 0.25) is 0 Å². The predicted molar refractivity (Wildman–Crippen MR) is 121 cm³/mol. The third-order valence-corrected chi connectivity index (χ3v) is 5.44. The van der Waals surface area contributed by atoms with E-state index in [1.807, 2.05) is 42.5 Å². The van der Waals surface area contributed by atoms with Gasteiger partial charge in [-0.05, 0) is 42.9 Å². The van der Waals surface area contributed by atoms with Crippen LogP contribution in [0.15, 0.2) is 54.6 Å². The molecule has 0 radical (unpaired) electrons. The Bertz CT molecular complexity index is 836. The van der Waals surface area contributed by atoms with Gasteiger partial charge in [-0.15, -0.1) is 0 Å². The minimum atomic E-state index is -0.224. The van der Waals surface area contributed by atoms with Crippen LogP contribution in [0.25, 0.3) is 5.57 Å². The zero-order valence-corrected chi connectivity index (χ0v) is 17.9. The van der Waals surface area contributed by atoms with E-state index in [1.165, 1.54) is 5.57 Å². The van der Waals surface area contributed by atoms with E-state index in [-0.39, 0.29) is 5.60 Å². The number of nitrogens with one attached hydrogen (secondary N) is 2. The maximum Gasteiger partial charge on any atom is 0.150 e. The van der Waals surface area contributed by atoms with E-state index in [4.69, 9.17) is 9.47 Å². The summed E-state index contributed by atoms with van der Waals surface area (Å²) in [6, 6.07) is 16.0. The molecule has 1 spiro atoms. The van der Waals surface area contributed by atoms with Crippen molar-refractivity contribution in [3.63, 3.8) is 0 Å². The van der Waals surface area contributed by atoms with Crippen molar-refractivity contribution in [1.82, 2.24) is 10.6 Å².